The van der Waals surface area contributed by atoms with Crippen molar-refractivity contribution in [2.24, 2.45) is 0 Å². The maximum atomic E-state index is 10.5. The predicted molar refractivity (Wildman–Crippen MR) is 126 cm³/mol. The Morgan fingerprint density at radius 1 is 1.33 bits per heavy atom. The topological polar surface area (TPSA) is 81.7 Å². The lowest BCUT2D eigenvalue weighted by molar-refractivity contribution is -0.112. The van der Waals surface area contributed by atoms with Gasteiger partial charge >= 0.3 is 0 Å². The molecule has 168 valence electrons. The Labute approximate surface area is 182 Å². The smallest absolute Gasteiger partial charge is 0.152 e. The lowest BCUT2D eigenvalue weighted by Gasteiger charge is -2.32. The fraction of sp³-hybridized carbons (Fsp3) is 0.500. The molecule has 3 N–H and O–H groups in total. The highest BCUT2D eigenvalue weighted by atomic mass is 16.3. The van der Waals surface area contributed by atoms with Gasteiger partial charge in [0, 0.05) is 36.9 Å². The number of anilines is 1. The second-order valence-corrected chi connectivity index (χ2v) is 7.16. The van der Waals surface area contributed by atoms with Crippen LogP contribution in [0.5, 0.6) is 0 Å². The third-order valence-electron chi connectivity index (χ3n) is 4.46. The quantitative estimate of drug-likeness (QED) is 0.343. The normalized spacial score (nSPS) is 14.2. The van der Waals surface area contributed by atoms with Crippen LogP contribution in [0.2, 0.25) is 0 Å². The number of likely N-dealkylation sites (N-methyl/N-ethyl adjacent to an activating group) is 1. The van der Waals surface area contributed by atoms with Crippen molar-refractivity contribution in [3.63, 3.8) is 0 Å². The molecule has 1 aromatic carbocycles. The van der Waals surface area contributed by atoms with Gasteiger partial charge in [-0.05, 0) is 52.8 Å². The van der Waals surface area contributed by atoms with Gasteiger partial charge in [0.25, 0.3) is 0 Å². The van der Waals surface area contributed by atoms with E-state index < -0.39 is 0 Å². The molecule has 1 heterocycles. The number of hydrogen-bond donors (Lipinski definition) is 3. The first kappa shape index (κ1) is 27.7. The van der Waals surface area contributed by atoms with Crippen LogP contribution in [0.4, 0.5) is 5.69 Å². The number of nitrogens with one attached hydrogen (secondary N) is 2. The third-order valence-corrected chi connectivity index (χ3v) is 4.46. The van der Waals surface area contributed by atoms with E-state index in [4.69, 9.17) is 0 Å². The minimum Gasteiger partial charge on any atom is -0.392 e. The van der Waals surface area contributed by atoms with Gasteiger partial charge in [0.15, 0.2) is 5.78 Å². The molecule has 0 amide bonds. The molecule has 0 radical (unpaired) electrons. The van der Waals surface area contributed by atoms with Gasteiger partial charge in [-0.25, -0.2) is 0 Å². The molecule has 1 saturated heterocycles. The summed E-state index contributed by atoms with van der Waals surface area (Å²) >= 11 is 0. The maximum Gasteiger partial charge on any atom is 0.152 e. The van der Waals surface area contributed by atoms with Crippen LogP contribution in [-0.4, -0.2) is 61.3 Å². The molecular weight excluding hydrogens is 378 g/mol. The van der Waals surface area contributed by atoms with E-state index in [0.717, 1.165) is 55.6 Å². The molecule has 0 bridgehead atoms. The summed E-state index contributed by atoms with van der Waals surface area (Å²) in [6, 6.07) is 6.54. The molecule has 30 heavy (non-hydrogen) atoms. The highest BCUT2D eigenvalue weighted by molar-refractivity contribution is 5.87. The van der Waals surface area contributed by atoms with Crippen molar-refractivity contribution in [1.82, 2.24) is 10.2 Å². The molecule has 2 rings (SSSR count). The van der Waals surface area contributed by atoms with Crippen LogP contribution in [0.15, 0.2) is 43.0 Å². The molecule has 1 aromatic rings. The highest BCUT2D eigenvalue weighted by Crippen LogP contribution is 2.21. The van der Waals surface area contributed by atoms with Crippen LogP contribution in [0.1, 0.15) is 37.8 Å². The van der Waals surface area contributed by atoms with Gasteiger partial charge in [0.1, 0.15) is 6.29 Å². The number of aldehydes is 1. The number of allylic oxidation sites excluding steroid dienone is 2. The van der Waals surface area contributed by atoms with Gasteiger partial charge in [0.05, 0.1) is 13.2 Å². The number of aryl methyl sites for hydroxylation is 1. The van der Waals surface area contributed by atoms with Crippen molar-refractivity contribution in [3.05, 3.63) is 54.1 Å². The number of carbonyl (C=O) groups is 2. The first-order chi connectivity index (χ1) is 14.4. The summed E-state index contributed by atoms with van der Waals surface area (Å²) in [6.45, 7) is 12.3. The number of hydrogen-bond acceptors (Lipinski definition) is 6. The summed E-state index contributed by atoms with van der Waals surface area (Å²) in [5.74, 6) is 0.109. The molecule has 1 aliphatic heterocycles. The van der Waals surface area contributed by atoms with Crippen molar-refractivity contribution in [3.8, 4) is 0 Å². The van der Waals surface area contributed by atoms with E-state index in [1.165, 1.54) is 13.0 Å². The van der Waals surface area contributed by atoms with Crippen LogP contribution in [0.25, 0.3) is 0 Å². The number of piperidine rings is 1. The van der Waals surface area contributed by atoms with Gasteiger partial charge in [-0.15, -0.1) is 6.58 Å². The molecule has 1 aliphatic rings. The molecule has 0 unspecified atom stereocenters. The third kappa shape index (κ3) is 13.0. The van der Waals surface area contributed by atoms with E-state index in [1.807, 2.05) is 39.1 Å². The van der Waals surface area contributed by atoms with E-state index in [2.05, 4.69) is 28.2 Å². The molecule has 0 saturated carbocycles. The molecule has 6 heteroatoms. The summed E-state index contributed by atoms with van der Waals surface area (Å²) in [5.41, 5.74) is 3.15. The van der Waals surface area contributed by atoms with Gasteiger partial charge in [0.2, 0.25) is 0 Å². The SMILES string of the molecule is C/C=C/C(C)=O.C=CCNC.Cc1ccc(NC2CCN(CC=O)CC2)c(CO)c1. The Hall–Kier alpha value is -2.28. The fourth-order valence-corrected chi connectivity index (χ4v) is 2.96. The van der Waals surface area contributed by atoms with Crippen LogP contribution < -0.4 is 10.6 Å². The number of nitrogens with zero attached hydrogens (tertiary/aromatic N) is 1. The Morgan fingerprint density at radius 2 is 2.00 bits per heavy atom. The molecule has 0 aromatic heterocycles. The molecule has 0 spiro atoms. The van der Waals surface area contributed by atoms with Crippen LogP contribution in [0.3, 0.4) is 0 Å². The van der Waals surface area contributed by atoms with E-state index >= 15 is 0 Å². The Morgan fingerprint density at radius 3 is 2.40 bits per heavy atom. The van der Waals surface area contributed by atoms with E-state index in [1.54, 1.807) is 6.08 Å². The average Bonchev–Trinajstić information content (AvgIpc) is 2.72. The number of rotatable bonds is 8. The molecule has 6 nitrogen and oxygen atoms in total. The number of carbonyl (C=O) groups excluding carboxylic acids is 2. The molecule has 0 atom stereocenters. The monoisotopic (exact) mass is 417 g/mol. The van der Waals surface area contributed by atoms with E-state index in [0.29, 0.717) is 12.6 Å². The summed E-state index contributed by atoms with van der Waals surface area (Å²) in [6.07, 6.45) is 8.11. The zero-order valence-electron chi connectivity index (χ0n) is 19.0. The van der Waals surface area contributed by atoms with Crippen LogP contribution in [-0.2, 0) is 16.2 Å². The second kappa shape index (κ2) is 17.6. The molecule has 1 fully saturated rings. The van der Waals surface area contributed by atoms with Gasteiger partial charge in [-0.2, -0.15) is 0 Å². The second-order valence-electron chi connectivity index (χ2n) is 7.16. The predicted octanol–water partition coefficient (Wildman–Crippen LogP) is 3.11. The minimum absolute atomic E-state index is 0.0635. The van der Waals surface area contributed by atoms with Crippen molar-refractivity contribution in [2.45, 2.75) is 46.3 Å². The fourth-order valence-electron chi connectivity index (χ4n) is 2.96. The first-order valence-corrected chi connectivity index (χ1v) is 10.4. The number of benzene rings is 1. The standard InChI is InChI=1S/C15H22N2O2.C5H8O.C4H9N/c1-12-2-3-15(13(10-12)11-19)16-14-4-6-17(7-5-14)8-9-18;1-3-4-5(2)6;1-3-4-5-2/h2-3,9-10,14,16,19H,4-8,11H2,1H3;3-4H,1-2H3;3,5H,1,4H2,2H3/b;4-3+;. The van der Waals surface area contributed by atoms with Crippen molar-refractivity contribution in [1.29, 1.82) is 0 Å². The van der Waals surface area contributed by atoms with Crippen molar-refractivity contribution >= 4 is 17.8 Å². The summed E-state index contributed by atoms with van der Waals surface area (Å²) < 4.78 is 0. The Balaban J connectivity index is 0.000000634. The molecule has 0 aliphatic carbocycles. The summed E-state index contributed by atoms with van der Waals surface area (Å²) in [4.78, 5) is 22.6. The largest absolute Gasteiger partial charge is 0.392 e. The van der Waals surface area contributed by atoms with Crippen molar-refractivity contribution < 1.29 is 14.7 Å². The van der Waals surface area contributed by atoms with Gasteiger partial charge in [-0.1, -0.05) is 29.8 Å². The number of likely N-dealkylation sites (tertiary alicyclic amines) is 1. The number of ketones is 1. The zero-order chi connectivity index (χ0) is 22.8. The number of aliphatic hydroxyl groups is 1. The maximum absolute atomic E-state index is 10.5. The average molecular weight is 418 g/mol. The lowest BCUT2D eigenvalue weighted by atomic mass is 10.0. The zero-order valence-corrected chi connectivity index (χ0v) is 19.0. The van der Waals surface area contributed by atoms with E-state index in [-0.39, 0.29) is 12.4 Å². The number of aliphatic hydroxyl groups excluding tert-OH is 1. The first-order valence-electron chi connectivity index (χ1n) is 10.4. The Bertz CT molecular complexity index is 651. The summed E-state index contributed by atoms with van der Waals surface area (Å²) in [7, 11) is 1.89. The van der Waals surface area contributed by atoms with Crippen LogP contribution >= 0.6 is 0 Å². The van der Waals surface area contributed by atoms with Crippen molar-refractivity contribution in [2.75, 3.05) is 38.5 Å². The lowest BCUT2D eigenvalue weighted by Crippen LogP contribution is -2.40. The molecular formula is C24H39N3O3. The van der Waals surface area contributed by atoms with E-state index in [9.17, 15) is 14.7 Å². The minimum atomic E-state index is 0.0635. The highest BCUT2D eigenvalue weighted by Gasteiger charge is 2.19. The Kier molecular flexibility index (Phi) is 16.2. The van der Waals surface area contributed by atoms with Crippen LogP contribution in [0, 0.1) is 6.92 Å². The van der Waals surface area contributed by atoms with Gasteiger partial charge in [-0.3, -0.25) is 9.69 Å². The summed E-state index contributed by atoms with van der Waals surface area (Å²) in [5, 5.41) is 15.8. The van der Waals surface area contributed by atoms with Gasteiger partial charge < -0.3 is 20.5 Å².